The van der Waals surface area contributed by atoms with Crippen molar-refractivity contribution < 1.29 is 8.42 Å². The maximum Gasteiger partial charge on any atom is 0.151 e. The highest BCUT2D eigenvalue weighted by molar-refractivity contribution is 7.91. The fourth-order valence-corrected chi connectivity index (χ4v) is 3.39. The Morgan fingerprint density at radius 1 is 1.54 bits per heavy atom. The van der Waals surface area contributed by atoms with Crippen molar-refractivity contribution in [1.82, 2.24) is 5.32 Å². The van der Waals surface area contributed by atoms with E-state index in [1.807, 2.05) is 0 Å². The van der Waals surface area contributed by atoms with Crippen LogP contribution in [0.5, 0.6) is 0 Å². The molecule has 0 bridgehead atoms. The van der Waals surface area contributed by atoms with Crippen molar-refractivity contribution in [3.05, 3.63) is 0 Å². The van der Waals surface area contributed by atoms with Crippen LogP contribution in [0.2, 0.25) is 0 Å². The molecule has 2 atom stereocenters. The van der Waals surface area contributed by atoms with E-state index in [0.717, 1.165) is 19.4 Å². The predicted molar refractivity (Wildman–Crippen MR) is 54.5 cm³/mol. The molecule has 1 saturated heterocycles. The average Bonchev–Trinajstić information content (AvgIpc) is 2.25. The first-order valence-electron chi connectivity index (χ1n) is 4.99. The maximum absolute atomic E-state index is 11.5. The molecule has 1 N–H and O–H groups in total. The van der Waals surface area contributed by atoms with Gasteiger partial charge in [0.15, 0.2) is 9.84 Å². The number of sulfone groups is 1. The lowest BCUT2D eigenvalue weighted by molar-refractivity contribution is 0.398. The predicted octanol–water partition coefficient (Wildman–Crippen LogP) is 0.809. The van der Waals surface area contributed by atoms with E-state index in [-0.39, 0.29) is 6.04 Å². The molecule has 1 rings (SSSR count). The van der Waals surface area contributed by atoms with E-state index in [2.05, 4.69) is 19.2 Å². The van der Waals surface area contributed by atoms with E-state index >= 15 is 0 Å². The Kier molecular flexibility index (Phi) is 3.74. The zero-order valence-electron chi connectivity index (χ0n) is 8.41. The lowest BCUT2D eigenvalue weighted by atomic mass is 10.0. The summed E-state index contributed by atoms with van der Waals surface area (Å²) in [5, 5.41) is 3.31. The van der Waals surface area contributed by atoms with Gasteiger partial charge in [-0.2, -0.15) is 0 Å². The van der Waals surface area contributed by atoms with Crippen molar-refractivity contribution in [3.63, 3.8) is 0 Å². The summed E-state index contributed by atoms with van der Waals surface area (Å²) < 4.78 is 22.9. The molecule has 1 aliphatic heterocycles. The van der Waals surface area contributed by atoms with Gasteiger partial charge in [-0.1, -0.05) is 20.3 Å². The molecule has 0 spiro atoms. The van der Waals surface area contributed by atoms with Gasteiger partial charge in [0.25, 0.3) is 0 Å². The van der Waals surface area contributed by atoms with Gasteiger partial charge < -0.3 is 5.32 Å². The van der Waals surface area contributed by atoms with Crippen LogP contribution in [-0.2, 0) is 9.84 Å². The lowest BCUT2D eigenvalue weighted by Crippen LogP contribution is -2.38. The third-order valence-corrected chi connectivity index (χ3v) is 4.58. The van der Waals surface area contributed by atoms with Crippen molar-refractivity contribution in [2.24, 2.45) is 5.92 Å². The van der Waals surface area contributed by atoms with Crippen LogP contribution in [0.3, 0.4) is 0 Å². The van der Waals surface area contributed by atoms with Crippen LogP contribution < -0.4 is 5.32 Å². The molecule has 0 amide bonds. The van der Waals surface area contributed by atoms with Crippen molar-refractivity contribution >= 4 is 9.84 Å². The smallest absolute Gasteiger partial charge is 0.151 e. The molecule has 3 nitrogen and oxygen atoms in total. The van der Waals surface area contributed by atoms with E-state index in [9.17, 15) is 8.42 Å². The van der Waals surface area contributed by atoms with E-state index in [0.29, 0.717) is 17.4 Å². The number of hydrogen-bond acceptors (Lipinski definition) is 3. The van der Waals surface area contributed by atoms with Gasteiger partial charge in [-0.25, -0.2) is 8.42 Å². The summed E-state index contributed by atoms with van der Waals surface area (Å²) in [4.78, 5) is 0. The molecular weight excluding hydrogens is 186 g/mol. The van der Waals surface area contributed by atoms with Gasteiger partial charge in [-0.15, -0.1) is 0 Å². The van der Waals surface area contributed by atoms with Crippen LogP contribution in [-0.4, -0.2) is 32.5 Å². The lowest BCUT2D eigenvalue weighted by Gasteiger charge is -2.21. The summed E-state index contributed by atoms with van der Waals surface area (Å²) in [6, 6.07) is 0.164. The van der Waals surface area contributed by atoms with Gasteiger partial charge in [0, 0.05) is 6.04 Å². The van der Waals surface area contributed by atoms with Gasteiger partial charge in [0.2, 0.25) is 0 Å². The summed E-state index contributed by atoms with van der Waals surface area (Å²) in [6.07, 6.45) is 1.79. The molecule has 1 aliphatic rings. The molecule has 13 heavy (non-hydrogen) atoms. The molecule has 0 aromatic rings. The Hall–Kier alpha value is -0.0900. The number of nitrogens with one attached hydrogen (secondary N) is 1. The quantitative estimate of drug-likeness (QED) is 0.725. The second-order valence-electron chi connectivity index (χ2n) is 3.91. The zero-order valence-corrected chi connectivity index (χ0v) is 9.23. The molecular formula is C9H19NO2S. The fraction of sp³-hybridized carbons (Fsp3) is 1.00. The van der Waals surface area contributed by atoms with Gasteiger partial charge in [-0.05, 0) is 18.9 Å². The van der Waals surface area contributed by atoms with Crippen LogP contribution in [0.15, 0.2) is 0 Å². The number of rotatable bonds is 2. The SMILES string of the molecule is CCC(C)C1CS(=O)(=O)CCCN1. The van der Waals surface area contributed by atoms with E-state index in [1.165, 1.54) is 0 Å². The third kappa shape index (κ3) is 3.27. The standard InChI is InChI=1S/C9H19NO2S/c1-3-8(2)9-7-13(11,12)6-4-5-10-9/h8-10H,3-7H2,1-2H3. The topological polar surface area (TPSA) is 46.2 Å². The van der Waals surface area contributed by atoms with Crippen LogP contribution >= 0.6 is 0 Å². The zero-order chi connectivity index (χ0) is 9.90. The molecule has 78 valence electrons. The van der Waals surface area contributed by atoms with Crippen molar-refractivity contribution in [2.45, 2.75) is 32.7 Å². The summed E-state index contributed by atoms with van der Waals surface area (Å²) in [5.41, 5.74) is 0. The highest BCUT2D eigenvalue weighted by atomic mass is 32.2. The largest absolute Gasteiger partial charge is 0.313 e. The molecule has 1 fully saturated rings. The summed E-state index contributed by atoms with van der Waals surface area (Å²) in [5.74, 6) is 1.13. The molecule has 0 saturated carbocycles. The minimum absolute atomic E-state index is 0.164. The molecule has 2 unspecified atom stereocenters. The Bertz CT molecular complexity index is 248. The normalized spacial score (nSPS) is 30.8. The van der Waals surface area contributed by atoms with Crippen LogP contribution in [0.25, 0.3) is 0 Å². The summed E-state index contributed by atoms with van der Waals surface area (Å²) in [6.45, 7) is 5.05. The molecule has 0 aromatic heterocycles. The van der Waals surface area contributed by atoms with Crippen molar-refractivity contribution in [1.29, 1.82) is 0 Å². The summed E-state index contributed by atoms with van der Waals surface area (Å²) >= 11 is 0. The molecule has 1 heterocycles. The highest BCUT2D eigenvalue weighted by Gasteiger charge is 2.25. The monoisotopic (exact) mass is 205 g/mol. The van der Waals surface area contributed by atoms with E-state index < -0.39 is 9.84 Å². The number of hydrogen-bond donors (Lipinski definition) is 1. The Labute approximate surface area is 80.8 Å². The minimum atomic E-state index is -2.79. The van der Waals surface area contributed by atoms with E-state index in [1.54, 1.807) is 0 Å². The third-order valence-electron chi connectivity index (χ3n) is 2.80. The van der Waals surface area contributed by atoms with Crippen LogP contribution in [0, 0.1) is 5.92 Å². The van der Waals surface area contributed by atoms with Gasteiger partial charge in [0.05, 0.1) is 11.5 Å². The Morgan fingerprint density at radius 3 is 2.85 bits per heavy atom. The van der Waals surface area contributed by atoms with Gasteiger partial charge in [0.1, 0.15) is 0 Å². The van der Waals surface area contributed by atoms with Crippen molar-refractivity contribution in [2.75, 3.05) is 18.1 Å². The molecule has 0 radical (unpaired) electrons. The average molecular weight is 205 g/mol. The first-order chi connectivity index (χ1) is 6.05. The van der Waals surface area contributed by atoms with Crippen molar-refractivity contribution in [3.8, 4) is 0 Å². The fourth-order valence-electron chi connectivity index (χ4n) is 1.65. The minimum Gasteiger partial charge on any atom is -0.313 e. The van der Waals surface area contributed by atoms with Gasteiger partial charge >= 0.3 is 0 Å². The first kappa shape index (κ1) is 11.0. The van der Waals surface area contributed by atoms with Crippen LogP contribution in [0.4, 0.5) is 0 Å². The molecule has 4 heteroatoms. The maximum atomic E-state index is 11.5. The van der Waals surface area contributed by atoms with E-state index in [4.69, 9.17) is 0 Å². The second kappa shape index (κ2) is 4.42. The molecule has 0 aromatic carbocycles. The Balaban J connectivity index is 2.65. The highest BCUT2D eigenvalue weighted by Crippen LogP contribution is 2.13. The molecule has 0 aliphatic carbocycles. The van der Waals surface area contributed by atoms with Gasteiger partial charge in [-0.3, -0.25) is 0 Å². The summed E-state index contributed by atoms with van der Waals surface area (Å²) in [7, 11) is -2.79. The van der Waals surface area contributed by atoms with Crippen LogP contribution in [0.1, 0.15) is 26.7 Å². The second-order valence-corrected chi connectivity index (χ2v) is 6.14. The Morgan fingerprint density at radius 2 is 2.23 bits per heavy atom. The first-order valence-corrected chi connectivity index (χ1v) is 6.81.